The zero-order valence-corrected chi connectivity index (χ0v) is 6.87. The summed E-state index contributed by atoms with van der Waals surface area (Å²) in [6.45, 7) is 0. The quantitative estimate of drug-likeness (QED) is 0.753. The van der Waals surface area contributed by atoms with Crippen LogP contribution in [0.4, 0.5) is 14.7 Å². The van der Waals surface area contributed by atoms with Crippen LogP contribution in [-0.4, -0.2) is 10.1 Å². The second-order valence-corrected chi connectivity index (χ2v) is 2.62. The Bertz CT molecular complexity index is 449. The van der Waals surface area contributed by atoms with Gasteiger partial charge >= 0.3 is 0 Å². The summed E-state index contributed by atoms with van der Waals surface area (Å²) in [5.74, 6) is -1.51. The van der Waals surface area contributed by atoms with Crippen LogP contribution < -0.4 is 5.73 Å². The Morgan fingerprint density at radius 1 is 1.14 bits per heavy atom. The van der Waals surface area contributed by atoms with Gasteiger partial charge in [0.15, 0.2) is 0 Å². The summed E-state index contributed by atoms with van der Waals surface area (Å²) in [7, 11) is 0. The molecule has 2 aromatic rings. The van der Waals surface area contributed by atoms with Crippen LogP contribution in [-0.2, 0) is 0 Å². The van der Waals surface area contributed by atoms with E-state index in [9.17, 15) is 8.78 Å². The molecule has 0 aliphatic rings. The van der Waals surface area contributed by atoms with Gasteiger partial charge in [-0.05, 0) is 17.3 Å². The normalized spacial score (nSPS) is 10.4. The maximum atomic E-state index is 12.8. The lowest BCUT2D eigenvalue weighted by Crippen LogP contribution is -1.87. The fraction of sp³-hybridized carbons (Fsp3) is 0. The molecule has 1 heterocycles. The molecule has 0 unspecified atom stereocenters. The van der Waals surface area contributed by atoms with Crippen LogP contribution in [0.5, 0.6) is 0 Å². The monoisotopic (exact) mass is 197 g/mol. The molecular formula is C8H5F2N3O. The molecule has 1 aromatic heterocycles. The van der Waals surface area contributed by atoms with Crippen molar-refractivity contribution in [3.8, 4) is 11.5 Å². The summed E-state index contributed by atoms with van der Waals surface area (Å²) in [4.78, 5) is 3.63. The van der Waals surface area contributed by atoms with Gasteiger partial charge in [0.1, 0.15) is 11.6 Å². The van der Waals surface area contributed by atoms with E-state index in [1.807, 2.05) is 0 Å². The maximum absolute atomic E-state index is 12.8. The van der Waals surface area contributed by atoms with Crippen LogP contribution in [0.3, 0.4) is 0 Å². The lowest BCUT2D eigenvalue weighted by Gasteiger charge is -1.94. The van der Waals surface area contributed by atoms with Crippen molar-refractivity contribution in [2.45, 2.75) is 0 Å². The average Bonchev–Trinajstić information content (AvgIpc) is 2.50. The van der Waals surface area contributed by atoms with E-state index < -0.39 is 11.6 Å². The van der Waals surface area contributed by atoms with Gasteiger partial charge in [0.25, 0.3) is 11.8 Å². The molecule has 72 valence electrons. The molecule has 0 aliphatic carbocycles. The van der Waals surface area contributed by atoms with Gasteiger partial charge in [-0.15, -0.1) is 0 Å². The number of nitrogens with zero attached hydrogens (tertiary/aromatic N) is 2. The highest BCUT2D eigenvalue weighted by atomic mass is 19.1. The molecule has 2 rings (SSSR count). The van der Waals surface area contributed by atoms with Crippen LogP contribution in [0.15, 0.2) is 22.7 Å². The maximum Gasteiger partial charge on any atom is 0.261 e. The summed E-state index contributed by atoms with van der Waals surface area (Å²) in [5.41, 5.74) is 5.35. The summed E-state index contributed by atoms with van der Waals surface area (Å²) in [5, 5.41) is 3.30. The topological polar surface area (TPSA) is 64.9 Å². The first kappa shape index (κ1) is 8.61. The van der Waals surface area contributed by atoms with Gasteiger partial charge in [-0.3, -0.25) is 0 Å². The van der Waals surface area contributed by atoms with Crippen molar-refractivity contribution in [1.29, 1.82) is 0 Å². The third-order valence-electron chi connectivity index (χ3n) is 1.55. The number of nitrogen functional groups attached to an aromatic ring is 1. The molecule has 0 radical (unpaired) electrons. The van der Waals surface area contributed by atoms with Crippen molar-refractivity contribution >= 4 is 5.95 Å². The average molecular weight is 197 g/mol. The van der Waals surface area contributed by atoms with Crippen LogP contribution >= 0.6 is 0 Å². The molecule has 1 aromatic carbocycles. The SMILES string of the molecule is Nc1noc(-c2cc(F)cc(F)c2)n1. The predicted octanol–water partition coefficient (Wildman–Crippen LogP) is 1.60. The van der Waals surface area contributed by atoms with Crippen LogP contribution in [0.1, 0.15) is 0 Å². The highest BCUT2D eigenvalue weighted by Gasteiger charge is 2.09. The Hall–Kier alpha value is -1.98. The molecule has 0 spiro atoms. The fourth-order valence-electron chi connectivity index (χ4n) is 1.03. The van der Waals surface area contributed by atoms with E-state index in [1.165, 1.54) is 0 Å². The van der Waals surface area contributed by atoms with E-state index in [0.717, 1.165) is 18.2 Å². The van der Waals surface area contributed by atoms with Crippen LogP contribution in [0.25, 0.3) is 11.5 Å². The molecule has 0 saturated heterocycles. The fourth-order valence-corrected chi connectivity index (χ4v) is 1.03. The van der Waals surface area contributed by atoms with Gasteiger partial charge in [-0.25, -0.2) is 8.78 Å². The summed E-state index contributed by atoms with van der Waals surface area (Å²) < 4.78 is 30.2. The lowest BCUT2D eigenvalue weighted by atomic mass is 10.2. The van der Waals surface area contributed by atoms with Gasteiger partial charge in [0, 0.05) is 11.6 Å². The summed E-state index contributed by atoms with van der Waals surface area (Å²) in [6.07, 6.45) is 0. The van der Waals surface area contributed by atoms with Crippen LogP contribution in [0, 0.1) is 11.6 Å². The molecular weight excluding hydrogens is 192 g/mol. The molecule has 0 saturated carbocycles. The second kappa shape index (κ2) is 3.06. The number of nitrogens with two attached hydrogens (primary N) is 1. The Balaban J connectivity index is 2.51. The Kier molecular flexibility index (Phi) is 1.88. The zero-order chi connectivity index (χ0) is 10.1. The molecule has 2 N–H and O–H groups in total. The molecule has 6 heteroatoms. The number of benzene rings is 1. The molecule has 0 bridgehead atoms. The first-order chi connectivity index (χ1) is 6.65. The second-order valence-electron chi connectivity index (χ2n) is 2.62. The van der Waals surface area contributed by atoms with Crippen molar-refractivity contribution in [3.05, 3.63) is 29.8 Å². The van der Waals surface area contributed by atoms with E-state index in [-0.39, 0.29) is 17.4 Å². The summed E-state index contributed by atoms with van der Waals surface area (Å²) >= 11 is 0. The van der Waals surface area contributed by atoms with E-state index in [4.69, 9.17) is 5.73 Å². The van der Waals surface area contributed by atoms with E-state index in [2.05, 4.69) is 14.7 Å². The van der Waals surface area contributed by atoms with E-state index in [0.29, 0.717) is 0 Å². The molecule has 0 amide bonds. The minimum absolute atomic E-state index is 0.0131. The summed E-state index contributed by atoms with van der Waals surface area (Å²) in [6, 6.07) is 2.91. The van der Waals surface area contributed by atoms with Crippen molar-refractivity contribution in [2.24, 2.45) is 0 Å². The van der Waals surface area contributed by atoms with E-state index in [1.54, 1.807) is 0 Å². The van der Waals surface area contributed by atoms with Gasteiger partial charge in [-0.1, -0.05) is 0 Å². The minimum atomic E-state index is -0.711. The van der Waals surface area contributed by atoms with Crippen molar-refractivity contribution in [2.75, 3.05) is 5.73 Å². The lowest BCUT2D eigenvalue weighted by molar-refractivity contribution is 0.432. The number of hydrogen-bond acceptors (Lipinski definition) is 4. The van der Waals surface area contributed by atoms with Gasteiger partial charge < -0.3 is 10.3 Å². The Labute approximate surface area is 77.3 Å². The van der Waals surface area contributed by atoms with Crippen molar-refractivity contribution in [3.63, 3.8) is 0 Å². The van der Waals surface area contributed by atoms with Gasteiger partial charge in [0.05, 0.1) is 0 Å². The first-order valence-electron chi connectivity index (χ1n) is 3.71. The minimum Gasteiger partial charge on any atom is -0.365 e. The number of hydrogen-bond donors (Lipinski definition) is 1. The third kappa shape index (κ3) is 1.54. The van der Waals surface area contributed by atoms with E-state index >= 15 is 0 Å². The first-order valence-corrected chi connectivity index (χ1v) is 3.71. The number of anilines is 1. The molecule has 0 fully saturated rings. The largest absolute Gasteiger partial charge is 0.365 e. The Morgan fingerprint density at radius 2 is 1.79 bits per heavy atom. The Morgan fingerprint density at radius 3 is 2.29 bits per heavy atom. The predicted molar refractivity (Wildman–Crippen MR) is 44.1 cm³/mol. The number of halogens is 2. The highest BCUT2D eigenvalue weighted by Crippen LogP contribution is 2.19. The highest BCUT2D eigenvalue weighted by molar-refractivity contribution is 5.53. The number of aromatic nitrogens is 2. The third-order valence-corrected chi connectivity index (χ3v) is 1.55. The zero-order valence-electron chi connectivity index (χ0n) is 6.87. The smallest absolute Gasteiger partial charge is 0.261 e. The van der Waals surface area contributed by atoms with Crippen molar-refractivity contribution in [1.82, 2.24) is 10.1 Å². The molecule has 0 aliphatic heterocycles. The van der Waals surface area contributed by atoms with Gasteiger partial charge in [0.2, 0.25) is 0 Å². The number of rotatable bonds is 1. The molecule has 4 nitrogen and oxygen atoms in total. The molecule has 14 heavy (non-hydrogen) atoms. The standard InChI is InChI=1S/C8H5F2N3O/c9-5-1-4(2-6(10)3-5)7-12-8(11)13-14-7/h1-3H,(H2,11,13). The van der Waals surface area contributed by atoms with Crippen LogP contribution in [0.2, 0.25) is 0 Å². The van der Waals surface area contributed by atoms with Crippen molar-refractivity contribution < 1.29 is 13.3 Å². The van der Waals surface area contributed by atoms with Gasteiger partial charge in [-0.2, -0.15) is 4.98 Å². The molecule has 0 atom stereocenters.